The number of aromatic nitrogens is 3. The molecule has 0 saturated heterocycles. The number of nitrogens with zero attached hydrogens (tertiary/aromatic N) is 3. The second kappa shape index (κ2) is 10.5. The molecule has 4 rings (SSSR count). The van der Waals surface area contributed by atoms with Gasteiger partial charge in [0.05, 0.1) is 34.0 Å². The highest BCUT2D eigenvalue weighted by atomic mass is 32.2. The molecule has 0 bridgehead atoms. The van der Waals surface area contributed by atoms with E-state index in [1.807, 2.05) is 6.07 Å². The minimum atomic E-state index is -3.45. The Balaban J connectivity index is 1.81. The number of pyridine rings is 1. The number of aryl methyl sites for hydroxylation is 1. The lowest BCUT2D eigenvalue weighted by molar-refractivity contribution is 0.147. The van der Waals surface area contributed by atoms with E-state index in [0.29, 0.717) is 46.1 Å². The fourth-order valence-electron chi connectivity index (χ4n) is 3.70. The zero-order chi connectivity index (χ0) is 26.7. The topological polar surface area (TPSA) is 121 Å². The Morgan fingerprint density at radius 3 is 2.57 bits per heavy atom. The van der Waals surface area contributed by atoms with Gasteiger partial charge in [-0.15, -0.1) is 0 Å². The Kier molecular flexibility index (Phi) is 7.41. The van der Waals surface area contributed by atoms with E-state index in [-0.39, 0.29) is 29.0 Å². The fourth-order valence-corrected chi connectivity index (χ4v) is 4.98. The van der Waals surface area contributed by atoms with Crippen LogP contribution < -0.4 is 19.9 Å². The maximum atomic E-state index is 14.4. The van der Waals surface area contributed by atoms with E-state index >= 15 is 0 Å². The predicted octanol–water partition coefficient (Wildman–Crippen LogP) is 4.00. The van der Waals surface area contributed by atoms with Crippen molar-refractivity contribution < 1.29 is 27.2 Å². The van der Waals surface area contributed by atoms with Gasteiger partial charge in [0.1, 0.15) is 35.2 Å². The summed E-state index contributed by atoms with van der Waals surface area (Å²) in [5, 5.41) is 0.707. The average Bonchev–Trinajstić information content (AvgIpc) is 2.84. The summed E-state index contributed by atoms with van der Waals surface area (Å²) >= 11 is 0. The van der Waals surface area contributed by atoms with E-state index < -0.39 is 21.3 Å². The zero-order valence-electron chi connectivity index (χ0n) is 20.4. The molecule has 0 spiro atoms. The summed E-state index contributed by atoms with van der Waals surface area (Å²) in [5.74, 6) is 2.53. The minimum Gasteiger partial charge on any atom is -0.489 e. The first-order valence-corrected chi connectivity index (χ1v) is 12.7. The molecule has 2 aromatic carbocycles. The smallest absolute Gasteiger partial charge is 0.238 e. The lowest BCUT2D eigenvalue weighted by atomic mass is 10.0. The SMILES string of the molecule is C=S(=O)(Nc1cc(-c2cc(OCCOC)c3nc(N)nc(C)c3c2)cnc1OC)c1ccc(F)cc1F. The van der Waals surface area contributed by atoms with Crippen LogP contribution in [-0.2, 0) is 14.4 Å². The van der Waals surface area contributed by atoms with Crippen molar-refractivity contribution in [3.05, 3.63) is 59.9 Å². The fraction of sp³-hybridized carbons (Fsp3) is 0.200. The first kappa shape index (κ1) is 26.0. The Morgan fingerprint density at radius 1 is 1.08 bits per heavy atom. The molecule has 0 fully saturated rings. The molecule has 1 atom stereocenters. The molecule has 0 saturated carbocycles. The Hall–Kier alpha value is -4.03. The standard InChI is InChI=1S/C25H25F2N5O4S/c1-14-18-9-15(11-21(36-8-7-34-2)23(18)31-25(28)30-14)16-10-20(24(35-3)29-13-16)32-37(4,33)22-6-5-17(26)12-19(22)27/h5-6,9-13H,4,7-8H2,1-3H3,(H,32,33)(H2,28,30,31). The number of nitrogens with one attached hydrogen (secondary N) is 1. The lowest BCUT2D eigenvalue weighted by Gasteiger charge is -2.17. The van der Waals surface area contributed by atoms with E-state index in [0.717, 1.165) is 12.1 Å². The quantitative estimate of drug-likeness (QED) is 0.247. The predicted molar refractivity (Wildman–Crippen MR) is 139 cm³/mol. The molecule has 0 aliphatic heterocycles. The third-order valence-electron chi connectivity index (χ3n) is 5.42. The van der Waals surface area contributed by atoms with Crippen molar-refractivity contribution in [1.29, 1.82) is 0 Å². The third-order valence-corrected chi connectivity index (χ3v) is 7.01. The summed E-state index contributed by atoms with van der Waals surface area (Å²) in [6.45, 7) is 2.44. The average molecular weight is 530 g/mol. The van der Waals surface area contributed by atoms with Gasteiger partial charge in [-0.05, 0) is 48.7 Å². The van der Waals surface area contributed by atoms with Crippen molar-refractivity contribution in [2.45, 2.75) is 11.8 Å². The molecule has 0 aliphatic rings. The summed E-state index contributed by atoms with van der Waals surface area (Å²) < 4.78 is 60.1. The molecular formula is C25H25F2N5O4S. The van der Waals surface area contributed by atoms with E-state index in [1.54, 1.807) is 32.4 Å². The molecular weight excluding hydrogens is 504 g/mol. The summed E-state index contributed by atoms with van der Waals surface area (Å²) in [4.78, 5) is 12.6. The van der Waals surface area contributed by atoms with Crippen LogP contribution in [0.15, 0.2) is 47.5 Å². The largest absolute Gasteiger partial charge is 0.489 e. The minimum absolute atomic E-state index is 0.104. The van der Waals surface area contributed by atoms with Crippen LogP contribution in [0.3, 0.4) is 0 Å². The van der Waals surface area contributed by atoms with Crippen molar-refractivity contribution in [3.63, 3.8) is 0 Å². The molecule has 194 valence electrons. The van der Waals surface area contributed by atoms with E-state index in [9.17, 15) is 13.0 Å². The molecule has 0 aliphatic carbocycles. The van der Waals surface area contributed by atoms with Crippen LogP contribution in [0.2, 0.25) is 0 Å². The lowest BCUT2D eigenvalue weighted by Crippen LogP contribution is -2.15. The molecule has 2 heterocycles. The van der Waals surface area contributed by atoms with Crippen LogP contribution in [-0.4, -0.2) is 52.5 Å². The van der Waals surface area contributed by atoms with Crippen molar-refractivity contribution in [3.8, 4) is 22.8 Å². The van der Waals surface area contributed by atoms with Gasteiger partial charge in [-0.25, -0.2) is 27.9 Å². The summed E-state index contributed by atoms with van der Waals surface area (Å²) in [6.07, 6.45) is 1.56. The molecule has 37 heavy (non-hydrogen) atoms. The van der Waals surface area contributed by atoms with Gasteiger partial charge in [-0.3, -0.25) is 0 Å². The third kappa shape index (κ3) is 5.54. The van der Waals surface area contributed by atoms with Gasteiger partial charge in [-0.1, -0.05) is 0 Å². The van der Waals surface area contributed by atoms with Crippen molar-refractivity contribution >= 4 is 38.1 Å². The zero-order valence-corrected chi connectivity index (χ0v) is 21.2. The van der Waals surface area contributed by atoms with E-state index in [2.05, 4.69) is 25.5 Å². The number of rotatable bonds is 9. The number of methoxy groups -OCH3 is 2. The van der Waals surface area contributed by atoms with Gasteiger partial charge in [0.25, 0.3) is 0 Å². The second-order valence-electron chi connectivity index (χ2n) is 8.01. The van der Waals surface area contributed by atoms with Gasteiger partial charge >= 0.3 is 0 Å². The number of fused-ring (bicyclic) bond motifs is 1. The highest BCUT2D eigenvalue weighted by Crippen LogP contribution is 2.36. The summed E-state index contributed by atoms with van der Waals surface area (Å²) in [7, 11) is -0.490. The summed E-state index contributed by atoms with van der Waals surface area (Å²) in [6, 6.07) is 7.98. The number of hydrogen-bond donors (Lipinski definition) is 2. The Labute approximate surface area is 212 Å². The van der Waals surface area contributed by atoms with Crippen molar-refractivity contribution in [2.24, 2.45) is 0 Å². The molecule has 0 amide bonds. The van der Waals surface area contributed by atoms with E-state index in [4.69, 9.17) is 19.9 Å². The molecule has 4 aromatic rings. The van der Waals surface area contributed by atoms with Gasteiger partial charge < -0.3 is 24.7 Å². The maximum absolute atomic E-state index is 14.4. The van der Waals surface area contributed by atoms with Gasteiger partial charge in [0.15, 0.2) is 0 Å². The normalized spacial score (nSPS) is 12.8. The maximum Gasteiger partial charge on any atom is 0.238 e. The van der Waals surface area contributed by atoms with Crippen molar-refractivity contribution in [2.75, 3.05) is 37.9 Å². The number of nitrogens with two attached hydrogens (primary N) is 1. The number of ether oxygens (including phenoxy) is 3. The second-order valence-corrected chi connectivity index (χ2v) is 10.0. The number of hydrogen-bond acceptors (Lipinski definition) is 8. The first-order valence-electron chi connectivity index (χ1n) is 11.0. The van der Waals surface area contributed by atoms with Crippen LogP contribution in [0.4, 0.5) is 20.4 Å². The van der Waals surface area contributed by atoms with Crippen LogP contribution in [0.5, 0.6) is 11.6 Å². The first-order chi connectivity index (χ1) is 17.6. The summed E-state index contributed by atoms with van der Waals surface area (Å²) in [5.41, 5.74) is 8.51. The Morgan fingerprint density at radius 2 is 1.86 bits per heavy atom. The highest BCUT2D eigenvalue weighted by Gasteiger charge is 2.19. The van der Waals surface area contributed by atoms with Gasteiger partial charge in [-0.2, -0.15) is 0 Å². The molecule has 1 unspecified atom stereocenters. The molecule has 9 nitrogen and oxygen atoms in total. The van der Waals surface area contributed by atoms with Crippen LogP contribution >= 0.6 is 0 Å². The van der Waals surface area contributed by atoms with Crippen LogP contribution in [0.25, 0.3) is 22.0 Å². The number of anilines is 2. The van der Waals surface area contributed by atoms with E-state index in [1.165, 1.54) is 7.11 Å². The molecule has 2 aromatic heterocycles. The van der Waals surface area contributed by atoms with Gasteiger partial charge in [0.2, 0.25) is 11.8 Å². The van der Waals surface area contributed by atoms with Crippen molar-refractivity contribution in [1.82, 2.24) is 15.0 Å². The molecule has 3 N–H and O–H groups in total. The van der Waals surface area contributed by atoms with Crippen LogP contribution in [0.1, 0.15) is 5.69 Å². The Bertz CT molecular complexity index is 1580. The van der Waals surface area contributed by atoms with Crippen LogP contribution in [0, 0.1) is 18.6 Å². The highest BCUT2D eigenvalue weighted by molar-refractivity contribution is 8.01. The number of benzene rings is 2. The number of nitrogen functional groups attached to an aromatic ring is 1. The monoisotopic (exact) mass is 529 g/mol. The number of halogens is 2. The molecule has 12 heteroatoms. The van der Waals surface area contributed by atoms with Gasteiger partial charge in [0, 0.05) is 30.3 Å². The molecule has 0 radical (unpaired) electrons.